The first kappa shape index (κ1) is 19.5. The number of hydrogen-bond acceptors (Lipinski definition) is 4. The van der Waals surface area contributed by atoms with Gasteiger partial charge >= 0.3 is 6.18 Å². The summed E-state index contributed by atoms with van der Waals surface area (Å²) >= 11 is 6.07. The first-order valence-electron chi connectivity index (χ1n) is 8.40. The van der Waals surface area contributed by atoms with E-state index in [2.05, 4.69) is 15.2 Å². The number of nitrogens with zero attached hydrogens (tertiary/aromatic N) is 2. The lowest BCUT2D eigenvalue weighted by molar-refractivity contribution is -0.137. The molecule has 8 heteroatoms. The van der Waals surface area contributed by atoms with Crippen molar-refractivity contribution in [3.63, 3.8) is 0 Å². The van der Waals surface area contributed by atoms with E-state index in [4.69, 9.17) is 16.0 Å². The Labute approximate surface area is 159 Å². The molecule has 0 radical (unpaired) electrons. The molecule has 1 N–H and O–H groups in total. The number of halogens is 4. The molecule has 27 heavy (non-hydrogen) atoms. The SMILES string of the molecule is CN(C)CCCNc1ccc2oc(-c3cc(C(F)(F)F)ccc3Cl)nc2c1. The topological polar surface area (TPSA) is 41.3 Å². The van der Waals surface area contributed by atoms with Crippen molar-refractivity contribution in [1.82, 2.24) is 9.88 Å². The van der Waals surface area contributed by atoms with Crippen molar-refractivity contribution in [3.8, 4) is 11.5 Å². The van der Waals surface area contributed by atoms with Crippen LogP contribution in [0.25, 0.3) is 22.6 Å². The lowest BCUT2D eigenvalue weighted by Gasteiger charge is -2.10. The van der Waals surface area contributed by atoms with Crippen LogP contribution in [0.15, 0.2) is 40.8 Å². The van der Waals surface area contributed by atoms with Gasteiger partial charge in [0.05, 0.1) is 16.1 Å². The van der Waals surface area contributed by atoms with Crippen molar-refractivity contribution >= 4 is 28.4 Å². The second kappa shape index (κ2) is 7.78. The molecule has 0 aliphatic carbocycles. The fraction of sp³-hybridized carbons (Fsp3) is 0.316. The van der Waals surface area contributed by atoms with Crippen LogP contribution in [0.2, 0.25) is 5.02 Å². The first-order chi connectivity index (χ1) is 12.7. The van der Waals surface area contributed by atoms with Gasteiger partial charge in [0.1, 0.15) is 5.52 Å². The Bertz CT molecular complexity index is 938. The molecule has 4 nitrogen and oxygen atoms in total. The third-order valence-electron chi connectivity index (χ3n) is 4.02. The number of benzene rings is 2. The van der Waals surface area contributed by atoms with Crippen LogP contribution in [0.4, 0.5) is 18.9 Å². The third-order valence-corrected chi connectivity index (χ3v) is 4.35. The Morgan fingerprint density at radius 1 is 1.15 bits per heavy atom. The molecule has 0 bridgehead atoms. The minimum absolute atomic E-state index is 0.0610. The number of oxazole rings is 1. The molecule has 1 aromatic heterocycles. The second-order valence-electron chi connectivity index (χ2n) is 6.48. The predicted octanol–water partition coefficient (Wildman–Crippen LogP) is 5.53. The van der Waals surface area contributed by atoms with Gasteiger partial charge in [-0.15, -0.1) is 0 Å². The van der Waals surface area contributed by atoms with Gasteiger partial charge in [-0.2, -0.15) is 13.2 Å². The quantitative estimate of drug-likeness (QED) is 0.555. The molecule has 144 valence electrons. The maximum atomic E-state index is 13.0. The molecule has 0 aliphatic heterocycles. The molecule has 0 saturated carbocycles. The smallest absolute Gasteiger partial charge is 0.416 e. The van der Waals surface area contributed by atoms with Crippen molar-refractivity contribution in [2.45, 2.75) is 12.6 Å². The van der Waals surface area contributed by atoms with Crippen LogP contribution in [0.5, 0.6) is 0 Å². The normalized spacial score (nSPS) is 12.1. The molecule has 0 saturated heterocycles. The minimum Gasteiger partial charge on any atom is -0.436 e. The number of anilines is 1. The van der Waals surface area contributed by atoms with Gasteiger partial charge < -0.3 is 14.6 Å². The highest BCUT2D eigenvalue weighted by Crippen LogP contribution is 2.36. The van der Waals surface area contributed by atoms with Gasteiger partial charge in [-0.3, -0.25) is 0 Å². The van der Waals surface area contributed by atoms with Crippen molar-refractivity contribution < 1.29 is 17.6 Å². The number of nitrogens with one attached hydrogen (secondary N) is 1. The Kier molecular flexibility index (Phi) is 5.62. The molecule has 3 aromatic rings. The molecule has 1 heterocycles. The fourth-order valence-corrected chi connectivity index (χ4v) is 2.84. The Morgan fingerprint density at radius 3 is 2.63 bits per heavy atom. The molecule has 0 atom stereocenters. The van der Waals surface area contributed by atoms with E-state index in [1.54, 1.807) is 12.1 Å². The standard InChI is InChI=1S/C19H19ClF3N3O/c1-26(2)9-3-8-24-13-5-7-17-16(11-13)25-18(27-17)14-10-12(19(21,22)23)4-6-15(14)20/h4-7,10-11,24H,3,8-9H2,1-2H3. The molecule has 0 unspecified atom stereocenters. The van der Waals surface area contributed by atoms with E-state index in [9.17, 15) is 13.2 Å². The molecule has 0 spiro atoms. The highest BCUT2D eigenvalue weighted by Gasteiger charge is 2.31. The summed E-state index contributed by atoms with van der Waals surface area (Å²) in [4.78, 5) is 6.42. The summed E-state index contributed by atoms with van der Waals surface area (Å²) in [5.74, 6) is 0.0610. The summed E-state index contributed by atoms with van der Waals surface area (Å²) in [7, 11) is 4.03. The van der Waals surface area contributed by atoms with Crippen LogP contribution in [0.1, 0.15) is 12.0 Å². The molecule has 0 fully saturated rings. The van der Waals surface area contributed by atoms with Crippen LogP contribution in [-0.4, -0.2) is 37.1 Å². The zero-order valence-corrected chi connectivity index (χ0v) is 15.7. The van der Waals surface area contributed by atoms with E-state index < -0.39 is 11.7 Å². The van der Waals surface area contributed by atoms with Gasteiger partial charge in [0.2, 0.25) is 5.89 Å². The molecular weight excluding hydrogens is 379 g/mol. The van der Waals surface area contributed by atoms with E-state index in [0.717, 1.165) is 37.3 Å². The zero-order chi connectivity index (χ0) is 19.6. The van der Waals surface area contributed by atoms with Crippen LogP contribution in [0.3, 0.4) is 0 Å². The summed E-state index contributed by atoms with van der Waals surface area (Å²) in [6.45, 7) is 1.77. The summed E-state index contributed by atoms with van der Waals surface area (Å²) in [5.41, 5.74) is 1.22. The van der Waals surface area contributed by atoms with Gasteiger partial charge in [-0.1, -0.05) is 11.6 Å². The third kappa shape index (κ3) is 4.73. The number of aromatic nitrogens is 1. The van der Waals surface area contributed by atoms with Crippen LogP contribution in [-0.2, 0) is 6.18 Å². The fourth-order valence-electron chi connectivity index (χ4n) is 2.65. The summed E-state index contributed by atoms with van der Waals surface area (Å²) in [5, 5.41) is 3.45. The van der Waals surface area contributed by atoms with Gasteiger partial charge in [-0.25, -0.2) is 4.98 Å². The molecule has 2 aromatic carbocycles. The second-order valence-corrected chi connectivity index (χ2v) is 6.88. The minimum atomic E-state index is -4.46. The lowest BCUT2D eigenvalue weighted by atomic mass is 10.1. The van der Waals surface area contributed by atoms with E-state index in [-0.39, 0.29) is 16.5 Å². The number of fused-ring (bicyclic) bond motifs is 1. The average molecular weight is 398 g/mol. The average Bonchev–Trinajstić information content (AvgIpc) is 3.01. The van der Waals surface area contributed by atoms with Gasteiger partial charge in [0.25, 0.3) is 0 Å². The number of alkyl halides is 3. The van der Waals surface area contributed by atoms with Crippen LogP contribution >= 0.6 is 11.6 Å². The Hall–Kier alpha value is -2.25. The lowest BCUT2D eigenvalue weighted by Crippen LogP contribution is -2.16. The molecule has 3 rings (SSSR count). The van der Waals surface area contributed by atoms with E-state index >= 15 is 0 Å². The van der Waals surface area contributed by atoms with Crippen molar-refractivity contribution in [2.24, 2.45) is 0 Å². The highest BCUT2D eigenvalue weighted by atomic mass is 35.5. The van der Waals surface area contributed by atoms with Crippen molar-refractivity contribution in [2.75, 3.05) is 32.5 Å². The summed E-state index contributed by atoms with van der Waals surface area (Å²) in [6.07, 6.45) is -3.48. The molecule has 0 amide bonds. The number of hydrogen-bond donors (Lipinski definition) is 1. The Morgan fingerprint density at radius 2 is 1.93 bits per heavy atom. The summed E-state index contributed by atoms with van der Waals surface area (Å²) in [6, 6.07) is 8.48. The summed E-state index contributed by atoms with van der Waals surface area (Å²) < 4.78 is 44.5. The molecule has 0 aliphatic rings. The van der Waals surface area contributed by atoms with Gasteiger partial charge in [0.15, 0.2) is 5.58 Å². The zero-order valence-electron chi connectivity index (χ0n) is 14.9. The largest absolute Gasteiger partial charge is 0.436 e. The Balaban J connectivity index is 1.85. The highest BCUT2D eigenvalue weighted by molar-refractivity contribution is 6.33. The van der Waals surface area contributed by atoms with Crippen molar-refractivity contribution in [3.05, 3.63) is 47.0 Å². The van der Waals surface area contributed by atoms with Crippen LogP contribution in [0, 0.1) is 0 Å². The number of rotatable bonds is 6. The van der Waals surface area contributed by atoms with E-state index in [1.807, 2.05) is 20.2 Å². The molecular formula is C19H19ClF3N3O. The van der Waals surface area contributed by atoms with Crippen molar-refractivity contribution in [1.29, 1.82) is 0 Å². The predicted molar refractivity (Wildman–Crippen MR) is 101 cm³/mol. The van der Waals surface area contributed by atoms with E-state index in [0.29, 0.717) is 11.1 Å². The van der Waals surface area contributed by atoms with Crippen LogP contribution < -0.4 is 5.32 Å². The van der Waals surface area contributed by atoms with E-state index in [1.165, 1.54) is 6.07 Å². The van der Waals surface area contributed by atoms with Gasteiger partial charge in [-0.05, 0) is 63.5 Å². The first-order valence-corrected chi connectivity index (χ1v) is 8.78. The maximum Gasteiger partial charge on any atom is 0.416 e. The monoisotopic (exact) mass is 397 g/mol. The maximum absolute atomic E-state index is 13.0. The van der Waals surface area contributed by atoms with Gasteiger partial charge in [0, 0.05) is 12.2 Å².